The van der Waals surface area contributed by atoms with Gasteiger partial charge >= 0.3 is 5.97 Å². The topological polar surface area (TPSA) is 35.5 Å². The van der Waals surface area contributed by atoms with E-state index in [0.717, 1.165) is 11.3 Å². The molecule has 2 rings (SSSR count). The lowest BCUT2D eigenvalue weighted by Gasteiger charge is -2.23. The van der Waals surface area contributed by atoms with E-state index in [-0.39, 0.29) is 5.97 Å². The van der Waals surface area contributed by atoms with Crippen LogP contribution in [0.1, 0.15) is 18.4 Å². The second-order valence-electron chi connectivity index (χ2n) is 4.19. The van der Waals surface area contributed by atoms with E-state index in [1.165, 1.54) is 0 Å². The quantitative estimate of drug-likeness (QED) is 0.591. The van der Waals surface area contributed by atoms with Gasteiger partial charge in [-0.25, -0.2) is 0 Å². The first kappa shape index (κ1) is 11.7. The fourth-order valence-electron chi connectivity index (χ4n) is 2.29. The molecule has 1 heterocycles. The Morgan fingerprint density at radius 2 is 2.41 bits per heavy atom. The fraction of sp³-hybridized carbons (Fsp3) is 0.357. The Kier molecular flexibility index (Phi) is 3.18. The number of carbonyl (C=O) groups is 1. The van der Waals surface area contributed by atoms with E-state index >= 15 is 0 Å². The first-order valence-electron chi connectivity index (χ1n) is 5.65. The van der Waals surface area contributed by atoms with E-state index in [9.17, 15) is 4.79 Å². The molecule has 1 aliphatic rings. The third-order valence-electron chi connectivity index (χ3n) is 3.27. The van der Waals surface area contributed by atoms with Gasteiger partial charge in [-0.05, 0) is 24.1 Å². The molecular weight excluding hydrogens is 216 g/mol. The molecule has 1 fully saturated rings. The normalized spacial score (nSPS) is 23.2. The lowest BCUT2D eigenvalue weighted by Crippen LogP contribution is -2.30. The van der Waals surface area contributed by atoms with Crippen LogP contribution in [0.5, 0.6) is 5.75 Å². The lowest BCUT2D eigenvalue weighted by atomic mass is 9.76. The lowest BCUT2D eigenvalue weighted by molar-refractivity contribution is -0.142. The van der Waals surface area contributed by atoms with Crippen LogP contribution in [-0.4, -0.2) is 19.7 Å². The Bertz CT molecular complexity index is 439. The maximum atomic E-state index is 12.0. The van der Waals surface area contributed by atoms with Crippen LogP contribution >= 0.6 is 0 Å². The third kappa shape index (κ3) is 1.93. The van der Waals surface area contributed by atoms with E-state index in [4.69, 9.17) is 9.47 Å². The molecule has 1 saturated heterocycles. The van der Waals surface area contributed by atoms with Crippen LogP contribution in [-0.2, 0) is 14.9 Å². The van der Waals surface area contributed by atoms with Gasteiger partial charge in [0.25, 0.3) is 0 Å². The van der Waals surface area contributed by atoms with Gasteiger partial charge in [0, 0.05) is 6.42 Å². The number of benzene rings is 1. The first-order valence-corrected chi connectivity index (χ1v) is 5.65. The van der Waals surface area contributed by atoms with Crippen molar-refractivity contribution >= 4 is 5.97 Å². The molecule has 1 aromatic rings. The molecule has 0 radical (unpaired) electrons. The highest BCUT2D eigenvalue weighted by molar-refractivity contribution is 5.85. The second kappa shape index (κ2) is 4.62. The van der Waals surface area contributed by atoms with Crippen molar-refractivity contribution in [3.63, 3.8) is 0 Å². The molecule has 0 N–H and O–H groups in total. The monoisotopic (exact) mass is 232 g/mol. The minimum Gasteiger partial charge on any atom is -0.497 e. The van der Waals surface area contributed by atoms with E-state index < -0.39 is 5.41 Å². The van der Waals surface area contributed by atoms with Gasteiger partial charge in [-0.3, -0.25) is 4.79 Å². The average molecular weight is 232 g/mol. The van der Waals surface area contributed by atoms with Gasteiger partial charge in [-0.1, -0.05) is 18.2 Å². The number of allylic oxidation sites excluding steroid dienone is 1. The Labute approximate surface area is 101 Å². The molecule has 90 valence electrons. The number of hydrogen-bond donors (Lipinski definition) is 0. The molecule has 3 heteroatoms. The number of ether oxygens (including phenoxy) is 2. The van der Waals surface area contributed by atoms with Crippen LogP contribution in [0.25, 0.3) is 0 Å². The van der Waals surface area contributed by atoms with Crippen LogP contribution in [0.15, 0.2) is 36.9 Å². The highest BCUT2D eigenvalue weighted by Gasteiger charge is 2.45. The zero-order chi connectivity index (χ0) is 12.3. The van der Waals surface area contributed by atoms with Gasteiger partial charge in [-0.15, -0.1) is 6.58 Å². The maximum Gasteiger partial charge on any atom is 0.317 e. The van der Waals surface area contributed by atoms with Crippen molar-refractivity contribution in [2.45, 2.75) is 18.3 Å². The highest BCUT2D eigenvalue weighted by Crippen LogP contribution is 2.39. The van der Waals surface area contributed by atoms with Crippen molar-refractivity contribution in [2.75, 3.05) is 13.7 Å². The van der Waals surface area contributed by atoms with Crippen LogP contribution in [0.4, 0.5) is 0 Å². The summed E-state index contributed by atoms with van der Waals surface area (Å²) in [6.45, 7) is 4.21. The van der Waals surface area contributed by atoms with E-state index in [0.29, 0.717) is 19.4 Å². The van der Waals surface area contributed by atoms with Crippen LogP contribution in [0.2, 0.25) is 0 Å². The van der Waals surface area contributed by atoms with Gasteiger partial charge in [0.1, 0.15) is 5.75 Å². The number of cyclic esters (lactones) is 1. The summed E-state index contributed by atoms with van der Waals surface area (Å²) >= 11 is 0. The Morgan fingerprint density at radius 1 is 1.59 bits per heavy atom. The molecule has 0 saturated carbocycles. The highest BCUT2D eigenvalue weighted by atomic mass is 16.5. The molecule has 1 atom stereocenters. The maximum absolute atomic E-state index is 12.0. The molecule has 0 aromatic heterocycles. The summed E-state index contributed by atoms with van der Waals surface area (Å²) < 4.78 is 10.3. The van der Waals surface area contributed by atoms with Crippen molar-refractivity contribution < 1.29 is 14.3 Å². The molecule has 0 bridgehead atoms. The van der Waals surface area contributed by atoms with Crippen molar-refractivity contribution in [1.29, 1.82) is 0 Å². The Balaban J connectivity index is 2.45. The van der Waals surface area contributed by atoms with Crippen LogP contribution in [0, 0.1) is 0 Å². The predicted octanol–water partition coefficient (Wildman–Crippen LogP) is 2.46. The molecule has 3 nitrogen and oxygen atoms in total. The zero-order valence-corrected chi connectivity index (χ0v) is 9.94. The van der Waals surface area contributed by atoms with Gasteiger partial charge in [0.15, 0.2) is 0 Å². The number of rotatable bonds is 4. The standard InChI is InChI=1S/C14H16O3/c1-3-7-14(8-9-17-13(14)15)11-5-4-6-12(10-11)16-2/h3-6,10H,1,7-9H2,2H3/t14-/m0/s1. The number of esters is 1. The summed E-state index contributed by atoms with van der Waals surface area (Å²) in [6, 6.07) is 7.60. The van der Waals surface area contributed by atoms with Crippen LogP contribution < -0.4 is 4.74 Å². The molecule has 0 amide bonds. The largest absolute Gasteiger partial charge is 0.497 e. The van der Waals surface area contributed by atoms with E-state index in [1.54, 1.807) is 13.2 Å². The Hall–Kier alpha value is -1.77. The minimum absolute atomic E-state index is 0.161. The molecule has 0 spiro atoms. The zero-order valence-electron chi connectivity index (χ0n) is 9.94. The van der Waals surface area contributed by atoms with Gasteiger partial charge in [-0.2, -0.15) is 0 Å². The molecule has 0 unspecified atom stereocenters. The molecule has 17 heavy (non-hydrogen) atoms. The second-order valence-corrected chi connectivity index (χ2v) is 4.19. The van der Waals surface area contributed by atoms with Gasteiger partial charge in [0.05, 0.1) is 19.1 Å². The summed E-state index contributed by atoms with van der Waals surface area (Å²) in [5.74, 6) is 0.594. The van der Waals surface area contributed by atoms with Crippen molar-refractivity contribution in [3.8, 4) is 5.75 Å². The van der Waals surface area contributed by atoms with E-state index in [1.807, 2.05) is 24.3 Å². The summed E-state index contributed by atoms with van der Waals surface area (Å²) in [7, 11) is 1.62. The van der Waals surface area contributed by atoms with E-state index in [2.05, 4.69) is 6.58 Å². The minimum atomic E-state index is -0.573. The number of hydrogen-bond acceptors (Lipinski definition) is 3. The summed E-state index contributed by atoms with van der Waals surface area (Å²) in [5, 5.41) is 0. The van der Waals surface area contributed by atoms with Crippen molar-refractivity contribution in [1.82, 2.24) is 0 Å². The number of carbonyl (C=O) groups excluding carboxylic acids is 1. The fourth-order valence-corrected chi connectivity index (χ4v) is 2.29. The smallest absolute Gasteiger partial charge is 0.317 e. The van der Waals surface area contributed by atoms with Crippen molar-refractivity contribution in [2.24, 2.45) is 0 Å². The van der Waals surface area contributed by atoms with Gasteiger partial charge in [0.2, 0.25) is 0 Å². The number of methoxy groups -OCH3 is 1. The SMILES string of the molecule is C=CC[C@@]1(c2cccc(OC)c2)CCOC1=O. The summed E-state index contributed by atoms with van der Waals surface area (Å²) in [4.78, 5) is 12.0. The molecule has 0 aliphatic carbocycles. The predicted molar refractivity (Wildman–Crippen MR) is 65.1 cm³/mol. The third-order valence-corrected chi connectivity index (χ3v) is 3.27. The summed E-state index contributed by atoms with van der Waals surface area (Å²) in [6.07, 6.45) is 3.07. The Morgan fingerprint density at radius 3 is 3.00 bits per heavy atom. The summed E-state index contributed by atoms with van der Waals surface area (Å²) in [5.41, 5.74) is 0.371. The molecule has 1 aliphatic heterocycles. The first-order chi connectivity index (χ1) is 8.23. The molecule has 1 aromatic carbocycles. The van der Waals surface area contributed by atoms with Gasteiger partial charge < -0.3 is 9.47 Å². The van der Waals surface area contributed by atoms with Crippen molar-refractivity contribution in [3.05, 3.63) is 42.5 Å². The van der Waals surface area contributed by atoms with Crippen LogP contribution in [0.3, 0.4) is 0 Å². The molecular formula is C14H16O3. The average Bonchev–Trinajstić information content (AvgIpc) is 2.73.